The van der Waals surface area contributed by atoms with Crippen molar-refractivity contribution >= 4 is 33.8 Å². The number of nitrogens with two attached hydrogens (primary N) is 1. The van der Waals surface area contributed by atoms with Gasteiger partial charge in [-0.25, -0.2) is 4.39 Å². The first-order chi connectivity index (χ1) is 10.1. The van der Waals surface area contributed by atoms with Gasteiger partial charge in [-0.2, -0.15) is 0 Å². The Hall–Kier alpha value is -2.39. The standard InChI is InChI=1S/C17H11ClFNO/c18-15-6-5-12(19)9-13(15)17(21)14-7-10-3-1-2-4-11(10)8-16(14)20/h1-9H,20H2. The topological polar surface area (TPSA) is 43.1 Å². The number of anilines is 1. The second-order valence-corrected chi connectivity index (χ2v) is 5.15. The number of ketones is 1. The molecule has 3 aromatic rings. The van der Waals surface area contributed by atoms with Gasteiger partial charge in [0.05, 0.1) is 5.02 Å². The lowest BCUT2D eigenvalue weighted by atomic mass is 9.98. The van der Waals surface area contributed by atoms with E-state index in [0.29, 0.717) is 11.3 Å². The van der Waals surface area contributed by atoms with Gasteiger partial charge in [-0.05, 0) is 41.1 Å². The molecule has 0 fully saturated rings. The minimum Gasteiger partial charge on any atom is -0.398 e. The van der Waals surface area contributed by atoms with Crippen molar-refractivity contribution in [1.82, 2.24) is 0 Å². The summed E-state index contributed by atoms with van der Waals surface area (Å²) < 4.78 is 13.3. The van der Waals surface area contributed by atoms with E-state index in [1.165, 1.54) is 12.1 Å². The molecule has 0 aromatic heterocycles. The van der Waals surface area contributed by atoms with E-state index < -0.39 is 5.82 Å². The highest BCUT2D eigenvalue weighted by Crippen LogP contribution is 2.27. The quantitative estimate of drug-likeness (QED) is 0.561. The zero-order valence-corrected chi connectivity index (χ0v) is 11.7. The van der Waals surface area contributed by atoms with Crippen molar-refractivity contribution in [3.05, 3.63) is 76.6 Å². The third-order valence-electron chi connectivity index (χ3n) is 3.34. The SMILES string of the molecule is Nc1cc2ccccc2cc1C(=O)c1cc(F)ccc1Cl. The van der Waals surface area contributed by atoms with E-state index in [9.17, 15) is 9.18 Å². The average Bonchev–Trinajstić information content (AvgIpc) is 2.48. The molecule has 21 heavy (non-hydrogen) atoms. The van der Waals surface area contributed by atoms with Crippen molar-refractivity contribution in [3.63, 3.8) is 0 Å². The largest absolute Gasteiger partial charge is 0.398 e. The smallest absolute Gasteiger partial charge is 0.196 e. The van der Waals surface area contributed by atoms with Crippen LogP contribution < -0.4 is 5.73 Å². The van der Waals surface area contributed by atoms with Crippen LogP contribution in [-0.4, -0.2) is 5.78 Å². The zero-order chi connectivity index (χ0) is 15.0. The lowest BCUT2D eigenvalue weighted by Crippen LogP contribution is -2.06. The molecule has 2 nitrogen and oxygen atoms in total. The second-order valence-electron chi connectivity index (χ2n) is 4.74. The molecule has 0 bridgehead atoms. The maximum atomic E-state index is 13.3. The number of rotatable bonds is 2. The maximum absolute atomic E-state index is 13.3. The van der Waals surface area contributed by atoms with Gasteiger partial charge >= 0.3 is 0 Å². The highest BCUT2D eigenvalue weighted by molar-refractivity contribution is 6.35. The van der Waals surface area contributed by atoms with Crippen LogP contribution in [0.4, 0.5) is 10.1 Å². The molecule has 0 amide bonds. The van der Waals surface area contributed by atoms with E-state index in [1.54, 1.807) is 12.1 Å². The van der Waals surface area contributed by atoms with E-state index in [0.717, 1.165) is 16.8 Å². The van der Waals surface area contributed by atoms with Gasteiger partial charge in [-0.15, -0.1) is 0 Å². The lowest BCUT2D eigenvalue weighted by Gasteiger charge is -2.09. The Labute approximate surface area is 126 Å². The summed E-state index contributed by atoms with van der Waals surface area (Å²) in [5.74, 6) is -0.898. The van der Waals surface area contributed by atoms with E-state index >= 15 is 0 Å². The van der Waals surface area contributed by atoms with Crippen LogP contribution in [0.5, 0.6) is 0 Å². The van der Waals surface area contributed by atoms with Gasteiger partial charge in [0.15, 0.2) is 5.78 Å². The Morgan fingerprint density at radius 1 is 0.952 bits per heavy atom. The van der Waals surface area contributed by atoms with E-state index in [1.807, 2.05) is 24.3 Å². The molecule has 0 spiro atoms. The van der Waals surface area contributed by atoms with Crippen molar-refractivity contribution in [2.45, 2.75) is 0 Å². The summed E-state index contributed by atoms with van der Waals surface area (Å²) in [6.07, 6.45) is 0. The molecular weight excluding hydrogens is 289 g/mol. The molecular formula is C17H11ClFNO. The van der Waals surface area contributed by atoms with E-state index in [4.69, 9.17) is 17.3 Å². The van der Waals surface area contributed by atoms with Crippen molar-refractivity contribution in [3.8, 4) is 0 Å². The van der Waals surface area contributed by atoms with Crippen LogP contribution in [0, 0.1) is 5.82 Å². The molecule has 0 saturated carbocycles. The van der Waals surface area contributed by atoms with Crippen molar-refractivity contribution in [2.75, 3.05) is 5.73 Å². The first-order valence-corrected chi connectivity index (χ1v) is 6.72. The molecule has 3 aromatic carbocycles. The van der Waals surface area contributed by atoms with Gasteiger partial charge in [0.2, 0.25) is 0 Å². The fourth-order valence-electron chi connectivity index (χ4n) is 2.27. The van der Waals surface area contributed by atoms with Crippen LogP contribution in [0.15, 0.2) is 54.6 Å². The molecule has 0 aliphatic carbocycles. The van der Waals surface area contributed by atoms with Crippen molar-refractivity contribution in [1.29, 1.82) is 0 Å². The molecule has 0 aliphatic heterocycles. The molecule has 0 heterocycles. The van der Waals surface area contributed by atoms with Crippen LogP contribution in [-0.2, 0) is 0 Å². The number of benzene rings is 3. The van der Waals surface area contributed by atoms with Gasteiger partial charge in [0, 0.05) is 16.8 Å². The molecule has 0 aliphatic rings. The third kappa shape index (κ3) is 2.48. The Kier molecular flexibility index (Phi) is 3.35. The summed E-state index contributed by atoms with van der Waals surface area (Å²) in [7, 11) is 0. The molecule has 3 rings (SSSR count). The number of hydrogen-bond acceptors (Lipinski definition) is 2. The van der Waals surface area contributed by atoms with Crippen LogP contribution in [0.25, 0.3) is 10.8 Å². The minimum atomic E-state index is -0.512. The predicted octanol–water partition coefficient (Wildman–Crippen LogP) is 4.45. The molecule has 4 heteroatoms. The normalized spacial score (nSPS) is 10.8. The molecule has 0 atom stereocenters. The second kappa shape index (κ2) is 5.19. The molecule has 0 saturated heterocycles. The number of carbonyl (C=O) groups excluding carboxylic acids is 1. The number of fused-ring (bicyclic) bond motifs is 1. The maximum Gasteiger partial charge on any atom is 0.196 e. The average molecular weight is 300 g/mol. The number of nitrogen functional groups attached to an aromatic ring is 1. The Morgan fingerprint density at radius 2 is 1.62 bits per heavy atom. The number of carbonyl (C=O) groups is 1. The zero-order valence-electron chi connectivity index (χ0n) is 10.9. The van der Waals surface area contributed by atoms with Crippen molar-refractivity contribution in [2.24, 2.45) is 0 Å². The summed E-state index contributed by atoms with van der Waals surface area (Å²) in [6, 6.07) is 14.7. The minimum absolute atomic E-state index is 0.110. The van der Waals surface area contributed by atoms with Crippen LogP contribution in [0.3, 0.4) is 0 Å². The summed E-state index contributed by atoms with van der Waals surface area (Å²) in [4.78, 5) is 12.6. The lowest BCUT2D eigenvalue weighted by molar-refractivity contribution is 0.103. The highest BCUT2D eigenvalue weighted by atomic mass is 35.5. The van der Waals surface area contributed by atoms with Gasteiger partial charge in [-0.3, -0.25) is 4.79 Å². The Bertz CT molecular complexity index is 861. The highest BCUT2D eigenvalue weighted by Gasteiger charge is 2.17. The fraction of sp³-hybridized carbons (Fsp3) is 0. The fourth-order valence-corrected chi connectivity index (χ4v) is 2.47. The summed E-state index contributed by atoms with van der Waals surface area (Å²) in [5, 5.41) is 2.04. The van der Waals surface area contributed by atoms with Crippen LogP contribution >= 0.6 is 11.6 Å². The summed E-state index contributed by atoms with van der Waals surface area (Å²) in [6.45, 7) is 0. The first-order valence-electron chi connectivity index (χ1n) is 6.34. The summed E-state index contributed by atoms with van der Waals surface area (Å²) in [5.41, 5.74) is 6.73. The van der Waals surface area contributed by atoms with Gasteiger partial charge in [0.1, 0.15) is 5.82 Å². The molecule has 0 radical (unpaired) electrons. The molecule has 2 N–H and O–H groups in total. The third-order valence-corrected chi connectivity index (χ3v) is 3.67. The Balaban J connectivity index is 2.17. The van der Waals surface area contributed by atoms with Gasteiger partial charge < -0.3 is 5.73 Å². The van der Waals surface area contributed by atoms with E-state index in [-0.39, 0.29) is 16.4 Å². The Morgan fingerprint density at radius 3 is 2.33 bits per heavy atom. The van der Waals surface area contributed by atoms with E-state index in [2.05, 4.69) is 0 Å². The predicted molar refractivity (Wildman–Crippen MR) is 83.2 cm³/mol. The number of hydrogen-bond donors (Lipinski definition) is 1. The summed E-state index contributed by atoms with van der Waals surface area (Å²) >= 11 is 5.98. The van der Waals surface area contributed by atoms with Gasteiger partial charge in [0.25, 0.3) is 0 Å². The number of halogens is 2. The van der Waals surface area contributed by atoms with Crippen LogP contribution in [0.1, 0.15) is 15.9 Å². The van der Waals surface area contributed by atoms with Gasteiger partial charge in [-0.1, -0.05) is 35.9 Å². The monoisotopic (exact) mass is 299 g/mol. The first kappa shape index (κ1) is 13.6. The molecule has 104 valence electrons. The molecule has 0 unspecified atom stereocenters. The van der Waals surface area contributed by atoms with Crippen molar-refractivity contribution < 1.29 is 9.18 Å². The van der Waals surface area contributed by atoms with Crippen LogP contribution in [0.2, 0.25) is 5.02 Å².